The Kier molecular flexibility index (Phi) is 4.28. The smallest absolute Gasteiger partial charge is 0.270 e. The number of nitrogens with zero attached hydrogens (tertiary/aromatic N) is 2. The largest absolute Gasteiger partial charge is 0.301 e. The molecule has 0 aliphatic heterocycles. The van der Waals surface area contributed by atoms with Gasteiger partial charge in [0.15, 0.2) is 0 Å². The van der Waals surface area contributed by atoms with Crippen molar-refractivity contribution >= 4 is 31.8 Å². The molecule has 16 heavy (non-hydrogen) atoms. The Morgan fingerprint density at radius 2 is 2.12 bits per heavy atom. The maximum atomic E-state index is 11.9. The molecule has 0 amide bonds. The van der Waals surface area contributed by atoms with Crippen LogP contribution in [0.3, 0.4) is 0 Å². The minimum absolute atomic E-state index is 0.0990. The van der Waals surface area contributed by atoms with Crippen molar-refractivity contribution in [1.29, 1.82) is 0 Å². The Bertz CT molecular complexity index is 462. The van der Waals surface area contributed by atoms with Crippen LogP contribution in [0.2, 0.25) is 0 Å². The Labute approximate surface area is 104 Å². The van der Waals surface area contributed by atoms with Crippen LogP contribution in [0.5, 0.6) is 0 Å². The third-order valence-corrected chi connectivity index (χ3v) is 4.41. The van der Waals surface area contributed by atoms with E-state index in [4.69, 9.17) is 0 Å². The molecule has 0 radical (unpaired) electrons. The van der Waals surface area contributed by atoms with E-state index < -0.39 is 10.2 Å². The molecule has 1 aromatic heterocycles. The third-order valence-electron chi connectivity index (χ3n) is 2.12. The maximum absolute atomic E-state index is 11.9. The van der Waals surface area contributed by atoms with Crippen molar-refractivity contribution in [2.75, 3.05) is 11.8 Å². The highest BCUT2D eigenvalue weighted by Gasteiger charge is 2.20. The molecular weight excluding hydrogens is 294 g/mol. The topological polar surface area (TPSA) is 62.3 Å². The summed E-state index contributed by atoms with van der Waals surface area (Å²) in [6, 6.07) is 1.49. The van der Waals surface area contributed by atoms with Gasteiger partial charge in [0.2, 0.25) is 0 Å². The van der Waals surface area contributed by atoms with Crippen molar-refractivity contribution in [2.45, 2.75) is 19.9 Å². The second kappa shape index (κ2) is 5.11. The summed E-state index contributed by atoms with van der Waals surface area (Å²) in [5.41, 5.74) is 0.475. The second-order valence-corrected chi connectivity index (χ2v) is 6.16. The fourth-order valence-corrected chi connectivity index (χ4v) is 2.58. The molecule has 0 bridgehead atoms. The van der Waals surface area contributed by atoms with Crippen LogP contribution in [-0.4, -0.2) is 30.8 Å². The number of hydrogen-bond donors (Lipinski definition) is 1. The summed E-state index contributed by atoms with van der Waals surface area (Å²) in [5.74, 6) is 0. The number of anilines is 1. The van der Waals surface area contributed by atoms with Crippen LogP contribution >= 0.6 is 15.9 Å². The summed E-state index contributed by atoms with van der Waals surface area (Å²) >= 11 is 3.23. The van der Waals surface area contributed by atoms with Gasteiger partial charge in [-0.05, 0) is 35.8 Å². The van der Waals surface area contributed by atoms with E-state index in [1.54, 1.807) is 19.9 Å². The van der Waals surface area contributed by atoms with E-state index in [1.807, 2.05) is 0 Å². The van der Waals surface area contributed by atoms with Crippen LogP contribution in [0, 0.1) is 0 Å². The molecule has 1 aromatic rings. The molecule has 0 fully saturated rings. The Morgan fingerprint density at radius 3 is 2.62 bits per heavy atom. The van der Waals surface area contributed by atoms with E-state index >= 15 is 0 Å². The lowest BCUT2D eigenvalue weighted by molar-refractivity contribution is 0.414. The molecule has 7 heteroatoms. The van der Waals surface area contributed by atoms with Crippen LogP contribution in [0.25, 0.3) is 0 Å². The summed E-state index contributed by atoms with van der Waals surface area (Å²) < 4.78 is 28.1. The van der Waals surface area contributed by atoms with Gasteiger partial charge in [-0.15, -0.1) is 0 Å². The Hall–Kier alpha value is -0.660. The van der Waals surface area contributed by atoms with E-state index in [2.05, 4.69) is 25.6 Å². The number of rotatable bonds is 4. The molecule has 0 unspecified atom stereocenters. The molecule has 0 aromatic carbocycles. The summed E-state index contributed by atoms with van der Waals surface area (Å²) in [6.45, 7) is 3.61. The number of pyridine rings is 1. The summed E-state index contributed by atoms with van der Waals surface area (Å²) in [6.07, 6.45) is 3.06. The average Bonchev–Trinajstić information content (AvgIpc) is 2.20. The SMILES string of the molecule is CC(C)N(C)S(=O)(=O)Nc1ccncc1Br. The first-order valence-electron chi connectivity index (χ1n) is 4.70. The first-order chi connectivity index (χ1) is 7.34. The van der Waals surface area contributed by atoms with Crippen LogP contribution in [0.1, 0.15) is 13.8 Å². The predicted octanol–water partition coefficient (Wildman–Crippen LogP) is 1.84. The lowest BCUT2D eigenvalue weighted by Crippen LogP contribution is -2.37. The van der Waals surface area contributed by atoms with Gasteiger partial charge in [0, 0.05) is 25.5 Å². The number of halogens is 1. The Balaban J connectivity index is 2.94. The number of nitrogens with one attached hydrogen (secondary N) is 1. The molecule has 1 N–H and O–H groups in total. The molecule has 0 aliphatic carbocycles. The molecule has 5 nitrogen and oxygen atoms in total. The van der Waals surface area contributed by atoms with Crippen LogP contribution in [-0.2, 0) is 10.2 Å². The zero-order valence-electron chi connectivity index (χ0n) is 9.31. The van der Waals surface area contributed by atoms with Gasteiger partial charge in [-0.3, -0.25) is 9.71 Å². The van der Waals surface area contributed by atoms with Gasteiger partial charge >= 0.3 is 10.2 Å². The van der Waals surface area contributed by atoms with Crippen molar-refractivity contribution in [3.05, 3.63) is 22.9 Å². The molecule has 0 atom stereocenters. The van der Waals surface area contributed by atoms with Gasteiger partial charge in [0.05, 0.1) is 10.2 Å². The van der Waals surface area contributed by atoms with Crippen molar-refractivity contribution in [2.24, 2.45) is 0 Å². The normalized spacial score (nSPS) is 12.1. The van der Waals surface area contributed by atoms with Crippen molar-refractivity contribution in [1.82, 2.24) is 9.29 Å². The predicted molar refractivity (Wildman–Crippen MR) is 67.4 cm³/mol. The highest BCUT2D eigenvalue weighted by molar-refractivity contribution is 9.10. The molecule has 0 spiro atoms. The third kappa shape index (κ3) is 3.16. The zero-order valence-corrected chi connectivity index (χ0v) is 11.7. The fourth-order valence-electron chi connectivity index (χ4n) is 0.946. The standard InChI is InChI=1S/C9H14BrN3O2S/c1-7(2)13(3)16(14,15)12-9-4-5-11-6-8(9)10/h4-7H,1-3H3,(H,11,12). The zero-order chi connectivity index (χ0) is 12.3. The summed E-state index contributed by atoms with van der Waals surface area (Å²) in [4.78, 5) is 3.86. The molecule has 0 saturated heterocycles. The first-order valence-corrected chi connectivity index (χ1v) is 6.93. The van der Waals surface area contributed by atoms with Crippen molar-refractivity contribution < 1.29 is 8.42 Å². The molecule has 1 heterocycles. The minimum atomic E-state index is -3.51. The summed E-state index contributed by atoms with van der Waals surface area (Å²) in [5, 5.41) is 0. The molecule has 0 aliphatic rings. The van der Waals surface area contributed by atoms with E-state index in [1.165, 1.54) is 23.7 Å². The van der Waals surface area contributed by atoms with Crippen molar-refractivity contribution in [3.63, 3.8) is 0 Å². The van der Waals surface area contributed by atoms with Gasteiger partial charge in [0.1, 0.15) is 0 Å². The van der Waals surface area contributed by atoms with Crippen LogP contribution < -0.4 is 4.72 Å². The quantitative estimate of drug-likeness (QED) is 0.923. The fraction of sp³-hybridized carbons (Fsp3) is 0.444. The maximum Gasteiger partial charge on any atom is 0.301 e. The lowest BCUT2D eigenvalue weighted by atomic mass is 10.4. The van der Waals surface area contributed by atoms with Gasteiger partial charge in [-0.1, -0.05) is 0 Å². The Morgan fingerprint density at radius 1 is 1.50 bits per heavy atom. The molecule has 0 saturated carbocycles. The van der Waals surface area contributed by atoms with Gasteiger partial charge in [-0.2, -0.15) is 12.7 Å². The molecule has 90 valence electrons. The summed E-state index contributed by atoms with van der Waals surface area (Å²) in [7, 11) is -1.98. The lowest BCUT2D eigenvalue weighted by Gasteiger charge is -2.21. The van der Waals surface area contributed by atoms with Gasteiger partial charge < -0.3 is 0 Å². The average molecular weight is 308 g/mol. The monoisotopic (exact) mass is 307 g/mol. The highest BCUT2D eigenvalue weighted by atomic mass is 79.9. The van der Waals surface area contributed by atoms with E-state index in [9.17, 15) is 8.42 Å². The van der Waals surface area contributed by atoms with Crippen LogP contribution in [0.15, 0.2) is 22.9 Å². The second-order valence-electron chi connectivity index (χ2n) is 3.57. The number of aromatic nitrogens is 1. The van der Waals surface area contributed by atoms with Crippen LogP contribution in [0.4, 0.5) is 5.69 Å². The van der Waals surface area contributed by atoms with Gasteiger partial charge in [0.25, 0.3) is 0 Å². The highest BCUT2D eigenvalue weighted by Crippen LogP contribution is 2.22. The molecule has 1 rings (SSSR count). The van der Waals surface area contributed by atoms with E-state index in [-0.39, 0.29) is 6.04 Å². The van der Waals surface area contributed by atoms with E-state index in [0.717, 1.165) is 0 Å². The van der Waals surface area contributed by atoms with Crippen molar-refractivity contribution in [3.8, 4) is 0 Å². The van der Waals surface area contributed by atoms with Gasteiger partial charge in [-0.25, -0.2) is 0 Å². The molecular formula is C9H14BrN3O2S. The van der Waals surface area contributed by atoms with E-state index in [0.29, 0.717) is 10.2 Å². The minimum Gasteiger partial charge on any atom is -0.270 e. The first kappa shape index (κ1) is 13.4. The number of hydrogen-bond acceptors (Lipinski definition) is 3.